The third-order valence-corrected chi connectivity index (χ3v) is 3.31. The van der Waals surface area contributed by atoms with Crippen LogP contribution in [0.2, 0.25) is 0 Å². The molecular weight excluding hydrogens is 206 g/mol. The monoisotopic (exact) mass is 227 g/mol. The summed E-state index contributed by atoms with van der Waals surface area (Å²) in [5, 5.41) is 3.52. The number of hydrogen-bond acceptors (Lipinski definition) is 3. The first-order valence-electron chi connectivity index (χ1n) is 5.42. The maximum absolute atomic E-state index is 5.10. The van der Waals surface area contributed by atoms with Crippen molar-refractivity contribution < 1.29 is 4.74 Å². The van der Waals surface area contributed by atoms with Crippen LogP contribution in [-0.4, -0.2) is 25.8 Å². The molecule has 0 aliphatic heterocycles. The van der Waals surface area contributed by atoms with Crippen LogP contribution >= 0.6 is 11.3 Å². The molecule has 1 N–H and O–H groups in total. The number of rotatable bonds is 6. The molecule has 0 saturated heterocycles. The molecule has 2 atom stereocenters. The summed E-state index contributed by atoms with van der Waals surface area (Å²) in [7, 11) is 1.74. The van der Waals surface area contributed by atoms with E-state index in [9.17, 15) is 0 Å². The summed E-state index contributed by atoms with van der Waals surface area (Å²) < 4.78 is 5.10. The minimum atomic E-state index is 0.422. The van der Waals surface area contributed by atoms with E-state index in [2.05, 4.69) is 38.2 Å². The summed E-state index contributed by atoms with van der Waals surface area (Å²) in [6, 6.07) is 5.34. The van der Waals surface area contributed by atoms with Crippen molar-refractivity contribution in [3.63, 3.8) is 0 Å². The Morgan fingerprint density at radius 2 is 2.07 bits per heavy atom. The molecule has 0 bridgehead atoms. The van der Waals surface area contributed by atoms with Crippen molar-refractivity contribution in [1.29, 1.82) is 0 Å². The topological polar surface area (TPSA) is 21.3 Å². The van der Waals surface area contributed by atoms with Crippen LogP contribution in [0.15, 0.2) is 12.1 Å². The van der Waals surface area contributed by atoms with Gasteiger partial charge in [0.25, 0.3) is 0 Å². The van der Waals surface area contributed by atoms with Crippen molar-refractivity contribution in [2.75, 3.05) is 13.7 Å². The highest BCUT2D eigenvalue weighted by Crippen LogP contribution is 2.16. The van der Waals surface area contributed by atoms with Crippen molar-refractivity contribution in [3.8, 4) is 0 Å². The summed E-state index contributed by atoms with van der Waals surface area (Å²) in [6.45, 7) is 7.30. The number of thiophene rings is 1. The Morgan fingerprint density at radius 3 is 2.60 bits per heavy atom. The lowest BCUT2D eigenvalue weighted by atomic mass is 10.2. The van der Waals surface area contributed by atoms with Crippen molar-refractivity contribution in [1.82, 2.24) is 5.32 Å². The van der Waals surface area contributed by atoms with E-state index in [1.54, 1.807) is 7.11 Å². The van der Waals surface area contributed by atoms with E-state index >= 15 is 0 Å². The molecule has 0 saturated carbocycles. The van der Waals surface area contributed by atoms with Crippen LogP contribution in [0, 0.1) is 6.92 Å². The standard InChI is InChI=1S/C12H21NOS/c1-9(13-10(2)8-14-4)7-12-6-5-11(3)15-12/h5-6,9-10,13H,7-8H2,1-4H3. The first-order valence-corrected chi connectivity index (χ1v) is 6.23. The second-order valence-electron chi connectivity index (χ2n) is 4.14. The Kier molecular flexibility index (Phi) is 5.29. The molecule has 0 aliphatic carbocycles. The van der Waals surface area contributed by atoms with Gasteiger partial charge in [-0.05, 0) is 39.3 Å². The van der Waals surface area contributed by atoms with Crippen LogP contribution in [-0.2, 0) is 11.2 Å². The van der Waals surface area contributed by atoms with E-state index in [1.165, 1.54) is 9.75 Å². The summed E-state index contributed by atoms with van der Waals surface area (Å²) in [5.74, 6) is 0. The molecule has 3 heteroatoms. The predicted molar refractivity (Wildman–Crippen MR) is 66.7 cm³/mol. The highest BCUT2D eigenvalue weighted by atomic mass is 32.1. The molecule has 15 heavy (non-hydrogen) atoms. The van der Waals surface area contributed by atoms with Crippen LogP contribution in [0.25, 0.3) is 0 Å². The molecule has 1 rings (SSSR count). The molecule has 0 spiro atoms. The second-order valence-corrected chi connectivity index (χ2v) is 5.51. The molecular formula is C12H21NOS. The zero-order valence-corrected chi connectivity index (χ0v) is 10.9. The van der Waals surface area contributed by atoms with Crippen molar-refractivity contribution >= 4 is 11.3 Å². The van der Waals surface area contributed by atoms with Gasteiger partial charge in [0.1, 0.15) is 0 Å². The van der Waals surface area contributed by atoms with Crippen LogP contribution in [0.1, 0.15) is 23.6 Å². The maximum atomic E-state index is 5.10. The number of hydrogen-bond donors (Lipinski definition) is 1. The number of aryl methyl sites for hydroxylation is 1. The maximum Gasteiger partial charge on any atom is 0.0613 e. The summed E-state index contributed by atoms with van der Waals surface area (Å²) in [5.41, 5.74) is 0. The minimum Gasteiger partial charge on any atom is -0.383 e. The van der Waals surface area contributed by atoms with Gasteiger partial charge < -0.3 is 10.1 Å². The fourth-order valence-corrected chi connectivity index (χ4v) is 2.76. The van der Waals surface area contributed by atoms with Crippen LogP contribution in [0.4, 0.5) is 0 Å². The zero-order chi connectivity index (χ0) is 11.3. The third kappa shape index (κ3) is 4.78. The van der Waals surface area contributed by atoms with Gasteiger partial charge in [0.05, 0.1) is 6.61 Å². The van der Waals surface area contributed by atoms with Crippen molar-refractivity contribution in [2.45, 2.75) is 39.3 Å². The van der Waals surface area contributed by atoms with E-state index in [-0.39, 0.29) is 0 Å². The molecule has 0 aliphatic rings. The second kappa shape index (κ2) is 6.26. The van der Waals surface area contributed by atoms with Gasteiger partial charge in [-0.3, -0.25) is 0 Å². The Balaban J connectivity index is 2.32. The largest absolute Gasteiger partial charge is 0.383 e. The van der Waals surface area contributed by atoms with Gasteiger partial charge in [0.2, 0.25) is 0 Å². The summed E-state index contributed by atoms with van der Waals surface area (Å²) in [4.78, 5) is 2.85. The van der Waals surface area contributed by atoms with Crippen LogP contribution in [0.3, 0.4) is 0 Å². The third-order valence-electron chi connectivity index (χ3n) is 2.29. The van der Waals surface area contributed by atoms with Crippen LogP contribution < -0.4 is 5.32 Å². The fourth-order valence-electron chi connectivity index (χ4n) is 1.74. The predicted octanol–water partition coefficient (Wildman–Crippen LogP) is 2.61. The first kappa shape index (κ1) is 12.7. The smallest absolute Gasteiger partial charge is 0.0613 e. The van der Waals surface area contributed by atoms with E-state index in [4.69, 9.17) is 4.74 Å². The normalized spacial score (nSPS) is 15.2. The summed E-state index contributed by atoms with van der Waals surface area (Å²) in [6.07, 6.45) is 1.10. The lowest BCUT2D eigenvalue weighted by Gasteiger charge is -2.18. The molecule has 1 heterocycles. The lowest BCUT2D eigenvalue weighted by molar-refractivity contribution is 0.167. The summed E-state index contributed by atoms with van der Waals surface area (Å²) >= 11 is 1.89. The molecule has 0 amide bonds. The molecule has 1 aromatic rings. The highest BCUT2D eigenvalue weighted by Gasteiger charge is 2.08. The van der Waals surface area contributed by atoms with Gasteiger partial charge in [-0.15, -0.1) is 11.3 Å². The van der Waals surface area contributed by atoms with Gasteiger partial charge in [-0.2, -0.15) is 0 Å². The SMILES string of the molecule is COCC(C)NC(C)Cc1ccc(C)s1. The van der Waals surface area contributed by atoms with Crippen molar-refractivity contribution in [3.05, 3.63) is 21.9 Å². The zero-order valence-electron chi connectivity index (χ0n) is 10.0. The Hall–Kier alpha value is -0.380. The van der Waals surface area contributed by atoms with E-state index in [0.717, 1.165) is 13.0 Å². The van der Waals surface area contributed by atoms with E-state index in [1.807, 2.05) is 11.3 Å². The number of methoxy groups -OCH3 is 1. The molecule has 1 aromatic heterocycles. The Bertz CT molecular complexity index is 285. The lowest BCUT2D eigenvalue weighted by Crippen LogP contribution is -2.38. The number of nitrogens with one attached hydrogen (secondary N) is 1. The first-order chi connectivity index (χ1) is 7.11. The Morgan fingerprint density at radius 1 is 1.33 bits per heavy atom. The van der Waals surface area contributed by atoms with Gasteiger partial charge in [0.15, 0.2) is 0 Å². The van der Waals surface area contributed by atoms with Crippen LogP contribution in [0.5, 0.6) is 0 Å². The van der Waals surface area contributed by atoms with E-state index in [0.29, 0.717) is 12.1 Å². The van der Waals surface area contributed by atoms with Gasteiger partial charge in [-0.1, -0.05) is 0 Å². The molecule has 0 aromatic carbocycles. The average Bonchev–Trinajstić information content (AvgIpc) is 2.51. The molecule has 0 radical (unpaired) electrons. The minimum absolute atomic E-state index is 0.422. The highest BCUT2D eigenvalue weighted by molar-refractivity contribution is 7.11. The molecule has 2 nitrogen and oxygen atoms in total. The quantitative estimate of drug-likeness (QED) is 0.806. The molecule has 86 valence electrons. The van der Waals surface area contributed by atoms with Gasteiger partial charge >= 0.3 is 0 Å². The average molecular weight is 227 g/mol. The van der Waals surface area contributed by atoms with Gasteiger partial charge in [-0.25, -0.2) is 0 Å². The van der Waals surface area contributed by atoms with Gasteiger partial charge in [0, 0.05) is 28.9 Å². The molecule has 2 unspecified atom stereocenters. The van der Waals surface area contributed by atoms with Crippen molar-refractivity contribution in [2.24, 2.45) is 0 Å². The molecule has 0 fully saturated rings. The number of ether oxygens (including phenoxy) is 1. The van der Waals surface area contributed by atoms with E-state index < -0.39 is 0 Å². The Labute approximate surface area is 96.7 Å². The fraction of sp³-hybridized carbons (Fsp3) is 0.667.